The Kier molecular flexibility index (Phi) is 7.11. The Morgan fingerprint density at radius 2 is 1.55 bits per heavy atom. The van der Waals surface area contributed by atoms with Gasteiger partial charge in [-0.05, 0) is 67.8 Å². The molecule has 108 valence electrons. The van der Waals surface area contributed by atoms with Crippen LogP contribution < -0.4 is 10.6 Å². The first-order valence-electron chi connectivity index (χ1n) is 5.56. The lowest BCUT2D eigenvalue weighted by atomic mass is 10.2. The third-order valence-electron chi connectivity index (χ3n) is 2.36. The van der Waals surface area contributed by atoms with Crippen molar-refractivity contribution in [1.29, 1.82) is 0 Å². The summed E-state index contributed by atoms with van der Waals surface area (Å²) in [5.74, 6) is -0.376. The van der Waals surface area contributed by atoms with Crippen LogP contribution in [-0.2, 0) is 9.59 Å². The van der Waals surface area contributed by atoms with Gasteiger partial charge in [0.05, 0.1) is 14.9 Å². The molecule has 0 bridgehead atoms. The second kappa shape index (κ2) is 7.87. The van der Waals surface area contributed by atoms with Gasteiger partial charge in [-0.15, -0.1) is 0 Å². The number of hydrogen-bond donors (Lipinski definition) is 2. The van der Waals surface area contributed by atoms with Gasteiger partial charge in [-0.3, -0.25) is 14.4 Å². The van der Waals surface area contributed by atoms with Gasteiger partial charge in [0.15, 0.2) is 6.29 Å². The van der Waals surface area contributed by atoms with Crippen LogP contribution in [0.15, 0.2) is 0 Å². The molecule has 0 aliphatic carbocycles. The summed E-state index contributed by atoms with van der Waals surface area (Å²) in [6.07, 6.45) is 1.07. The van der Waals surface area contributed by atoms with Crippen LogP contribution in [-0.4, -0.2) is 18.1 Å². The maximum Gasteiger partial charge on any atom is 0.224 e. The van der Waals surface area contributed by atoms with Crippen LogP contribution in [0.1, 0.15) is 30.6 Å². The average Bonchev–Trinajstić information content (AvgIpc) is 2.39. The van der Waals surface area contributed by atoms with E-state index in [9.17, 15) is 14.4 Å². The molecule has 0 saturated heterocycles. The smallest absolute Gasteiger partial charge is 0.224 e. The van der Waals surface area contributed by atoms with Crippen LogP contribution in [0.3, 0.4) is 0 Å². The van der Waals surface area contributed by atoms with Crippen molar-refractivity contribution in [3.05, 3.63) is 16.3 Å². The minimum Gasteiger partial charge on any atom is -0.324 e. The molecular formula is C12H11I3N2O3. The normalized spacial score (nSPS) is 10.1. The Morgan fingerprint density at radius 1 is 1.05 bits per heavy atom. The Hall–Kier alpha value is 0.0200. The molecule has 1 rings (SSSR count). The molecule has 0 heterocycles. The van der Waals surface area contributed by atoms with Gasteiger partial charge in [-0.2, -0.15) is 0 Å². The highest BCUT2D eigenvalue weighted by Gasteiger charge is 2.21. The first-order chi connectivity index (χ1) is 9.33. The number of amides is 2. The van der Waals surface area contributed by atoms with Crippen molar-refractivity contribution in [2.75, 3.05) is 10.6 Å². The van der Waals surface area contributed by atoms with Crippen LogP contribution in [0.2, 0.25) is 0 Å². The SMILES string of the molecule is CCC(=O)Nc1c(I)c(C=O)c(I)c(NC(C)=O)c1I. The van der Waals surface area contributed by atoms with Crippen LogP contribution >= 0.6 is 67.8 Å². The van der Waals surface area contributed by atoms with E-state index in [0.717, 1.165) is 6.29 Å². The van der Waals surface area contributed by atoms with E-state index in [1.54, 1.807) is 6.92 Å². The standard InChI is InChI=1S/C12H11I3N2O3/c1-3-7(20)17-12-9(14)6(4-18)8(13)11(10(12)15)16-5(2)19/h4H,3H2,1-2H3,(H,16,19)(H,17,20). The van der Waals surface area contributed by atoms with Gasteiger partial charge in [0.1, 0.15) is 0 Å². The molecule has 1 aromatic rings. The van der Waals surface area contributed by atoms with Gasteiger partial charge >= 0.3 is 0 Å². The number of aldehydes is 1. The topological polar surface area (TPSA) is 75.3 Å². The monoisotopic (exact) mass is 612 g/mol. The van der Waals surface area contributed by atoms with E-state index < -0.39 is 0 Å². The summed E-state index contributed by atoms with van der Waals surface area (Å²) in [4.78, 5) is 34.2. The van der Waals surface area contributed by atoms with E-state index in [-0.39, 0.29) is 11.8 Å². The maximum atomic E-state index is 11.6. The first kappa shape index (κ1) is 18.1. The van der Waals surface area contributed by atoms with Gasteiger partial charge in [-0.25, -0.2) is 0 Å². The maximum absolute atomic E-state index is 11.6. The average molecular weight is 612 g/mol. The van der Waals surface area contributed by atoms with Gasteiger partial charge in [-0.1, -0.05) is 6.92 Å². The van der Waals surface area contributed by atoms with Crippen molar-refractivity contribution >= 4 is 97.2 Å². The second-order valence-electron chi connectivity index (χ2n) is 3.81. The number of carbonyl (C=O) groups excluding carboxylic acids is 3. The summed E-state index contributed by atoms with van der Waals surface area (Å²) in [7, 11) is 0. The van der Waals surface area contributed by atoms with Crippen LogP contribution in [0.5, 0.6) is 0 Å². The van der Waals surface area contributed by atoms with Crippen molar-refractivity contribution in [3.63, 3.8) is 0 Å². The molecule has 2 N–H and O–H groups in total. The molecule has 0 aliphatic rings. The van der Waals surface area contributed by atoms with Gasteiger partial charge in [0.25, 0.3) is 0 Å². The number of rotatable bonds is 4. The van der Waals surface area contributed by atoms with Gasteiger partial charge < -0.3 is 10.6 Å². The van der Waals surface area contributed by atoms with E-state index in [2.05, 4.69) is 33.2 Å². The lowest BCUT2D eigenvalue weighted by Gasteiger charge is -2.17. The van der Waals surface area contributed by atoms with E-state index >= 15 is 0 Å². The number of carbonyl (C=O) groups is 3. The summed E-state index contributed by atoms with van der Waals surface area (Å²) in [6, 6.07) is 0. The minimum atomic E-state index is -0.230. The molecular weight excluding hydrogens is 601 g/mol. The predicted molar refractivity (Wildman–Crippen MR) is 103 cm³/mol. The van der Waals surface area contributed by atoms with E-state index in [0.29, 0.717) is 34.1 Å². The Balaban J connectivity index is 3.53. The molecule has 5 nitrogen and oxygen atoms in total. The number of halogens is 3. The van der Waals surface area contributed by atoms with Gasteiger partial charge in [0.2, 0.25) is 11.8 Å². The fourth-order valence-electron chi connectivity index (χ4n) is 1.41. The summed E-state index contributed by atoms with van der Waals surface area (Å²) in [6.45, 7) is 3.14. The second-order valence-corrected chi connectivity index (χ2v) is 7.04. The highest BCUT2D eigenvalue weighted by Crippen LogP contribution is 2.38. The fraction of sp³-hybridized carbons (Fsp3) is 0.250. The minimum absolute atomic E-state index is 0.146. The van der Waals surface area contributed by atoms with Crippen LogP contribution in [0.25, 0.3) is 0 Å². The molecule has 0 aromatic heterocycles. The van der Waals surface area contributed by atoms with E-state index in [1.165, 1.54) is 6.92 Å². The van der Waals surface area contributed by atoms with E-state index in [1.807, 2.05) is 45.2 Å². The van der Waals surface area contributed by atoms with E-state index in [4.69, 9.17) is 0 Å². The highest BCUT2D eigenvalue weighted by molar-refractivity contribution is 14.1. The Bertz CT molecular complexity index is 588. The molecule has 1 aromatic carbocycles. The highest BCUT2D eigenvalue weighted by atomic mass is 127. The molecule has 0 unspecified atom stereocenters. The zero-order valence-corrected chi connectivity index (χ0v) is 17.1. The van der Waals surface area contributed by atoms with Crippen molar-refractivity contribution in [1.82, 2.24) is 0 Å². The lowest BCUT2D eigenvalue weighted by molar-refractivity contribution is -0.116. The summed E-state index contributed by atoms with van der Waals surface area (Å²) in [5, 5.41) is 5.48. The molecule has 0 radical (unpaired) electrons. The predicted octanol–water partition coefficient (Wildman–Crippen LogP) is 3.62. The summed E-state index contributed by atoms with van der Waals surface area (Å²) in [5.41, 5.74) is 1.57. The molecule has 0 spiro atoms. The van der Waals surface area contributed by atoms with Gasteiger partial charge in [0, 0.05) is 26.0 Å². The Labute approximate surface area is 157 Å². The summed E-state index contributed by atoms with van der Waals surface area (Å²) >= 11 is 6.09. The van der Waals surface area contributed by atoms with Crippen molar-refractivity contribution in [3.8, 4) is 0 Å². The molecule has 20 heavy (non-hydrogen) atoms. The van der Waals surface area contributed by atoms with Crippen LogP contribution in [0, 0.1) is 10.7 Å². The van der Waals surface area contributed by atoms with Crippen molar-refractivity contribution < 1.29 is 14.4 Å². The molecule has 0 aliphatic heterocycles. The molecule has 0 fully saturated rings. The quantitative estimate of drug-likeness (QED) is 0.404. The zero-order chi connectivity index (χ0) is 15.4. The summed E-state index contributed by atoms with van der Waals surface area (Å²) < 4.78 is 2.04. The molecule has 0 saturated carbocycles. The molecule has 0 atom stereocenters. The third-order valence-corrected chi connectivity index (χ3v) is 5.68. The first-order valence-corrected chi connectivity index (χ1v) is 8.80. The number of anilines is 2. The number of nitrogens with one attached hydrogen (secondary N) is 2. The number of benzene rings is 1. The lowest BCUT2D eigenvalue weighted by Crippen LogP contribution is -2.17. The molecule has 2 amide bonds. The molecule has 8 heteroatoms. The largest absolute Gasteiger partial charge is 0.324 e. The van der Waals surface area contributed by atoms with Crippen molar-refractivity contribution in [2.45, 2.75) is 20.3 Å². The zero-order valence-electron chi connectivity index (χ0n) is 10.6. The third kappa shape index (κ3) is 4.02. The Morgan fingerprint density at radius 3 is 1.95 bits per heavy atom. The van der Waals surface area contributed by atoms with Crippen molar-refractivity contribution in [2.24, 2.45) is 0 Å². The fourth-order valence-corrected chi connectivity index (χ4v) is 5.37. The number of hydrogen-bond acceptors (Lipinski definition) is 3. The van der Waals surface area contributed by atoms with Crippen LogP contribution in [0.4, 0.5) is 11.4 Å².